The summed E-state index contributed by atoms with van der Waals surface area (Å²) in [5.74, 6) is 0.335. The molecule has 0 aromatic rings. The Morgan fingerprint density at radius 1 is 1.18 bits per heavy atom. The third-order valence-corrected chi connectivity index (χ3v) is 2.20. The van der Waals surface area contributed by atoms with E-state index < -0.39 is 0 Å². The largest absolute Gasteiger partial charge is 0.400 e. The molecule has 11 heavy (non-hydrogen) atoms. The molecule has 1 aliphatic rings. The molecule has 3 heteroatoms. The molecule has 62 valence electrons. The normalized spacial score (nSPS) is 26.2. The highest BCUT2D eigenvalue weighted by Crippen LogP contribution is 2.26. The number of rotatable bonds is 0. The first-order valence-corrected chi connectivity index (χ1v) is 3.74. The number of hydrogen-bond acceptors (Lipinski definition) is 3. The highest BCUT2D eigenvalue weighted by atomic mass is 14.8. The van der Waals surface area contributed by atoms with Gasteiger partial charge in [0.15, 0.2) is 0 Å². The molecule has 0 fully saturated rings. The molecule has 0 radical (unpaired) electrons. The zero-order valence-electron chi connectivity index (χ0n) is 7.02. The molecule has 0 bridgehead atoms. The van der Waals surface area contributed by atoms with Crippen molar-refractivity contribution in [2.45, 2.75) is 20.3 Å². The Labute approximate surface area is 66.9 Å². The summed E-state index contributed by atoms with van der Waals surface area (Å²) in [7, 11) is 0. The predicted octanol–water partition coefficient (Wildman–Crippen LogP) is 0.388. The summed E-state index contributed by atoms with van der Waals surface area (Å²) < 4.78 is 0. The van der Waals surface area contributed by atoms with Crippen LogP contribution in [-0.2, 0) is 0 Å². The molecule has 0 saturated carbocycles. The van der Waals surface area contributed by atoms with Crippen molar-refractivity contribution in [2.24, 2.45) is 23.1 Å². The van der Waals surface area contributed by atoms with Crippen molar-refractivity contribution in [3.05, 3.63) is 22.7 Å². The summed E-state index contributed by atoms with van der Waals surface area (Å²) in [6, 6.07) is 0. The van der Waals surface area contributed by atoms with Crippen molar-refractivity contribution in [2.75, 3.05) is 0 Å². The molecule has 0 aromatic heterocycles. The van der Waals surface area contributed by atoms with E-state index in [9.17, 15) is 0 Å². The molecule has 0 aliphatic heterocycles. The van der Waals surface area contributed by atoms with E-state index in [-0.39, 0.29) is 0 Å². The van der Waals surface area contributed by atoms with Crippen LogP contribution in [-0.4, -0.2) is 0 Å². The van der Waals surface area contributed by atoms with Gasteiger partial charge in [0.1, 0.15) is 0 Å². The van der Waals surface area contributed by atoms with Crippen molar-refractivity contribution in [1.29, 1.82) is 0 Å². The van der Waals surface area contributed by atoms with Crippen LogP contribution < -0.4 is 17.2 Å². The predicted molar refractivity (Wildman–Crippen MR) is 46.1 cm³/mol. The molecular formula is C8H15N3. The molecule has 0 saturated heterocycles. The third kappa shape index (κ3) is 1.18. The smallest absolute Gasteiger partial charge is 0.0740 e. The van der Waals surface area contributed by atoms with Crippen molar-refractivity contribution < 1.29 is 0 Å². The highest BCUT2D eigenvalue weighted by molar-refractivity contribution is 5.37. The van der Waals surface area contributed by atoms with Crippen LogP contribution in [0.15, 0.2) is 22.7 Å². The van der Waals surface area contributed by atoms with Gasteiger partial charge in [-0.3, -0.25) is 0 Å². The summed E-state index contributed by atoms with van der Waals surface area (Å²) in [5.41, 5.74) is 20.2. The van der Waals surface area contributed by atoms with Crippen LogP contribution in [0.3, 0.4) is 0 Å². The van der Waals surface area contributed by atoms with Gasteiger partial charge in [0.25, 0.3) is 0 Å². The maximum Gasteiger partial charge on any atom is 0.0740 e. The van der Waals surface area contributed by atoms with Crippen molar-refractivity contribution in [1.82, 2.24) is 0 Å². The van der Waals surface area contributed by atoms with Crippen LogP contribution in [0.5, 0.6) is 0 Å². The lowest BCUT2D eigenvalue weighted by molar-refractivity contribution is 0.633. The Balaban J connectivity index is 3.07. The maximum absolute atomic E-state index is 5.71. The van der Waals surface area contributed by atoms with Crippen LogP contribution in [0.2, 0.25) is 0 Å². The van der Waals surface area contributed by atoms with Crippen molar-refractivity contribution in [3.8, 4) is 0 Å². The van der Waals surface area contributed by atoms with Crippen LogP contribution in [0.4, 0.5) is 0 Å². The average Bonchev–Trinajstić information content (AvgIpc) is 1.97. The fourth-order valence-corrected chi connectivity index (χ4v) is 1.33. The van der Waals surface area contributed by atoms with Gasteiger partial charge in [-0.15, -0.1) is 0 Å². The van der Waals surface area contributed by atoms with Crippen molar-refractivity contribution >= 4 is 0 Å². The standard InChI is InChI=1S/C8H15N3/c1-4-3-5(2)7(10)8(11)6(4)9/h4H,3,9-11H2,1-2H3. The van der Waals surface area contributed by atoms with Crippen LogP contribution in [0.1, 0.15) is 20.3 Å². The van der Waals surface area contributed by atoms with E-state index in [4.69, 9.17) is 17.2 Å². The Hall–Kier alpha value is -1.12. The van der Waals surface area contributed by atoms with Gasteiger partial charge in [-0.2, -0.15) is 0 Å². The Kier molecular flexibility index (Phi) is 1.81. The fourth-order valence-electron chi connectivity index (χ4n) is 1.33. The van der Waals surface area contributed by atoms with E-state index in [1.165, 1.54) is 0 Å². The summed E-state index contributed by atoms with van der Waals surface area (Å²) in [6.07, 6.45) is 0.929. The first-order chi connectivity index (χ1) is 5.04. The monoisotopic (exact) mass is 153 g/mol. The Bertz CT molecular complexity index is 238. The van der Waals surface area contributed by atoms with Gasteiger partial charge in [-0.1, -0.05) is 6.92 Å². The van der Waals surface area contributed by atoms with Gasteiger partial charge < -0.3 is 17.2 Å². The SMILES string of the molecule is CC1=C(N)C(N)=C(N)C(C)C1. The molecule has 0 aromatic carbocycles. The lowest BCUT2D eigenvalue weighted by Crippen LogP contribution is -2.26. The van der Waals surface area contributed by atoms with Gasteiger partial charge in [0.2, 0.25) is 0 Å². The number of hydrogen-bond donors (Lipinski definition) is 3. The second-order valence-electron chi connectivity index (χ2n) is 3.17. The number of nitrogens with two attached hydrogens (primary N) is 3. The van der Waals surface area contributed by atoms with Gasteiger partial charge in [0.05, 0.1) is 11.4 Å². The molecule has 3 nitrogen and oxygen atoms in total. The van der Waals surface area contributed by atoms with Gasteiger partial charge in [-0.05, 0) is 18.9 Å². The Morgan fingerprint density at radius 3 is 2.27 bits per heavy atom. The molecule has 1 rings (SSSR count). The molecule has 0 heterocycles. The van der Waals surface area contributed by atoms with E-state index >= 15 is 0 Å². The molecule has 6 N–H and O–H groups in total. The zero-order chi connectivity index (χ0) is 8.59. The van der Waals surface area contributed by atoms with Gasteiger partial charge in [0, 0.05) is 11.6 Å². The van der Waals surface area contributed by atoms with E-state index in [1.807, 2.05) is 6.92 Å². The fraction of sp³-hybridized carbons (Fsp3) is 0.500. The van der Waals surface area contributed by atoms with E-state index in [0.717, 1.165) is 17.7 Å². The van der Waals surface area contributed by atoms with Gasteiger partial charge >= 0.3 is 0 Å². The quantitative estimate of drug-likeness (QED) is 0.471. The minimum absolute atomic E-state index is 0.335. The average molecular weight is 153 g/mol. The minimum Gasteiger partial charge on any atom is -0.400 e. The van der Waals surface area contributed by atoms with Crippen LogP contribution >= 0.6 is 0 Å². The summed E-state index contributed by atoms with van der Waals surface area (Å²) in [4.78, 5) is 0. The van der Waals surface area contributed by atoms with Crippen molar-refractivity contribution in [3.63, 3.8) is 0 Å². The number of allylic oxidation sites excluding steroid dienone is 2. The lowest BCUT2D eigenvalue weighted by Gasteiger charge is -2.22. The summed E-state index contributed by atoms with van der Waals surface area (Å²) in [6.45, 7) is 4.04. The molecule has 0 amide bonds. The first-order valence-electron chi connectivity index (χ1n) is 3.74. The zero-order valence-corrected chi connectivity index (χ0v) is 7.02. The van der Waals surface area contributed by atoms with E-state index in [0.29, 0.717) is 17.3 Å². The lowest BCUT2D eigenvalue weighted by atomic mass is 9.90. The minimum atomic E-state index is 0.335. The molecule has 0 spiro atoms. The Morgan fingerprint density at radius 2 is 1.73 bits per heavy atom. The second kappa shape index (κ2) is 2.49. The van der Waals surface area contributed by atoms with E-state index in [2.05, 4.69) is 6.92 Å². The van der Waals surface area contributed by atoms with Crippen LogP contribution in [0.25, 0.3) is 0 Å². The van der Waals surface area contributed by atoms with E-state index in [1.54, 1.807) is 0 Å². The highest BCUT2D eigenvalue weighted by Gasteiger charge is 2.18. The van der Waals surface area contributed by atoms with Gasteiger partial charge in [-0.25, -0.2) is 0 Å². The molecule has 1 atom stereocenters. The molecule has 1 aliphatic carbocycles. The molecular weight excluding hydrogens is 138 g/mol. The molecule has 1 unspecified atom stereocenters. The summed E-state index contributed by atoms with van der Waals surface area (Å²) in [5, 5.41) is 0. The second-order valence-corrected chi connectivity index (χ2v) is 3.17. The topological polar surface area (TPSA) is 78.1 Å². The maximum atomic E-state index is 5.71. The first kappa shape index (κ1) is 7.98. The third-order valence-electron chi connectivity index (χ3n) is 2.20. The van der Waals surface area contributed by atoms with Crippen LogP contribution in [0, 0.1) is 5.92 Å². The summed E-state index contributed by atoms with van der Waals surface area (Å²) >= 11 is 0.